The quantitative estimate of drug-likeness (QED) is 0.147. The lowest BCUT2D eigenvalue weighted by atomic mass is 10.0. The number of carboxylic acid groups (broad SMARTS) is 2. The van der Waals surface area contributed by atoms with Crippen LogP contribution in [0.15, 0.2) is 12.5 Å². The van der Waals surface area contributed by atoms with Crippen molar-refractivity contribution < 1.29 is 34.2 Å². The molecule has 3 amide bonds. The van der Waals surface area contributed by atoms with Gasteiger partial charge in [0.1, 0.15) is 18.1 Å². The Morgan fingerprint density at radius 1 is 1.03 bits per heavy atom. The second kappa shape index (κ2) is 12.7. The summed E-state index contributed by atoms with van der Waals surface area (Å²) in [5.74, 6) is -5.62. The van der Waals surface area contributed by atoms with Gasteiger partial charge in [-0.2, -0.15) is 12.6 Å². The number of hydrogen-bond acceptors (Lipinski definition) is 8. The summed E-state index contributed by atoms with van der Waals surface area (Å²) in [6, 6.07) is -5.08. The Hall–Kier alpha value is -3.13. The summed E-state index contributed by atoms with van der Waals surface area (Å²) in [5.41, 5.74) is 6.17. The lowest BCUT2D eigenvalue weighted by Crippen LogP contribution is -2.58. The SMILES string of the molecule is CC(C)C(N)C(=O)NC(CS)C(=O)NC(CC(=O)O)C(=O)NC(Cc1cnc[nH]1)C(=O)O. The minimum Gasteiger partial charge on any atom is -0.481 e. The monoisotopic (exact) mass is 472 g/mol. The predicted molar refractivity (Wildman–Crippen MR) is 115 cm³/mol. The molecular weight excluding hydrogens is 444 g/mol. The number of thiol groups is 1. The highest BCUT2D eigenvalue weighted by Crippen LogP contribution is 2.03. The van der Waals surface area contributed by atoms with Gasteiger partial charge in [0.15, 0.2) is 0 Å². The molecule has 1 rings (SSSR count). The largest absolute Gasteiger partial charge is 0.481 e. The molecule has 0 saturated carbocycles. The third kappa shape index (κ3) is 8.55. The van der Waals surface area contributed by atoms with Crippen molar-refractivity contribution in [2.45, 2.75) is 50.9 Å². The highest BCUT2D eigenvalue weighted by Gasteiger charge is 2.31. The van der Waals surface area contributed by atoms with E-state index in [9.17, 15) is 29.1 Å². The van der Waals surface area contributed by atoms with E-state index in [-0.39, 0.29) is 18.1 Å². The number of nitrogens with one attached hydrogen (secondary N) is 4. The van der Waals surface area contributed by atoms with Crippen molar-refractivity contribution in [2.75, 3.05) is 5.75 Å². The number of hydrogen-bond donors (Lipinski definition) is 8. The number of carboxylic acids is 2. The first-order valence-corrected chi connectivity index (χ1v) is 10.3. The maximum Gasteiger partial charge on any atom is 0.326 e. The molecule has 0 saturated heterocycles. The first-order valence-electron chi connectivity index (χ1n) is 9.65. The van der Waals surface area contributed by atoms with Gasteiger partial charge in [-0.05, 0) is 5.92 Å². The fourth-order valence-electron chi connectivity index (χ4n) is 2.51. The first-order chi connectivity index (χ1) is 15.0. The van der Waals surface area contributed by atoms with Gasteiger partial charge in [-0.3, -0.25) is 19.2 Å². The van der Waals surface area contributed by atoms with E-state index in [2.05, 4.69) is 38.5 Å². The molecule has 4 unspecified atom stereocenters. The molecule has 0 aliphatic rings. The zero-order chi connectivity index (χ0) is 24.4. The van der Waals surface area contributed by atoms with E-state index >= 15 is 0 Å². The van der Waals surface area contributed by atoms with Gasteiger partial charge in [0.2, 0.25) is 17.7 Å². The molecule has 0 aromatic carbocycles. The van der Waals surface area contributed by atoms with Gasteiger partial charge in [-0.25, -0.2) is 9.78 Å². The van der Waals surface area contributed by atoms with Crippen molar-refractivity contribution in [1.29, 1.82) is 0 Å². The van der Waals surface area contributed by atoms with Gasteiger partial charge in [0.25, 0.3) is 0 Å². The molecule has 14 heteroatoms. The first kappa shape index (κ1) is 26.9. The Kier molecular flexibility index (Phi) is 10.6. The van der Waals surface area contributed by atoms with E-state index < -0.39 is 60.2 Å². The average Bonchev–Trinajstić information content (AvgIpc) is 3.22. The van der Waals surface area contributed by atoms with Crippen LogP contribution in [0.5, 0.6) is 0 Å². The van der Waals surface area contributed by atoms with E-state index in [1.807, 2.05) is 0 Å². The fraction of sp³-hybridized carbons (Fsp3) is 0.556. The Bertz CT molecular complexity index is 817. The van der Waals surface area contributed by atoms with Crippen LogP contribution in [0.2, 0.25) is 0 Å². The zero-order valence-corrected chi connectivity index (χ0v) is 18.5. The van der Waals surface area contributed by atoms with Crippen molar-refractivity contribution in [3.8, 4) is 0 Å². The van der Waals surface area contributed by atoms with Crippen LogP contribution in [-0.2, 0) is 30.4 Å². The van der Waals surface area contributed by atoms with E-state index in [1.54, 1.807) is 13.8 Å². The lowest BCUT2D eigenvalue weighted by Gasteiger charge is -2.24. The van der Waals surface area contributed by atoms with Gasteiger partial charge in [-0.15, -0.1) is 0 Å². The van der Waals surface area contributed by atoms with Crippen LogP contribution in [0.1, 0.15) is 26.0 Å². The molecule has 0 radical (unpaired) electrons. The molecule has 4 atom stereocenters. The zero-order valence-electron chi connectivity index (χ0n) is 17.6. The summed E-state index contributed by atoms with van der Waals surface area (Å²) in [6.07, 6.45) is 1.75. The predicted octanol–water partition coefficient (Wildman–Crippen LogP) is -2.12. The number of aliphatic carboxylic acids is 2. The summed E-state index contributed by atoms with van der Waals surface area (Å²) < 4.78 is 0. The van der Waals surface area contributed by atoms with Crippen molar-refractivity contribution >= 4 is 42.3 Å². The van der Waals surface area contributed by atoms with Crippen molar-refractivity contribution in [1.82, 2.24) is 25.9 Å². The summed E-state index contributed by atoms with van der Waals surface area (Å²) in [7, 11) is 0. The Labute approximate surface area is 189 Å². The maximum absolute atomic E-state index is 12.6. The molecule has 8 N–H and O–H groups in total. The van der Waals surface area contributed by atoms with Gasteiger partial charge < -0.3 is 36.9 Å². The Morgan fingerprint density at radius 3 is 2.06 bits per heavy atom. The normalized spacial score (nSPS) is 14.7. The van der Waals surface area contributed by atoms with E-state index in [0.717, 1.165) is 0 Å². The second-order valence-corrected chi connectivity index (χ2v) is 7.72. The average molecular weight is 473 g/mol. The minimum absolute atomic E-state index is 0.142. The third-order valence-corrected chi connectivity index (χ3v) is 4.81. The molecule has 178 valence electrons. The van der Waals surface area contributed by atoms with Crippen LogP contribution in [0.3, 0.4) is 0 Å². The molecule has 0 fully saturated rings. The van der Waals surface area contributed by atoms with Crippen LogP contribution in [0.4, 0.5) is 0 Å². The standard InChI is InChI=1S/C18H28N6O7S/c1-8(2)14(19)17(29)24-12(6-32)16(28)22-10(4-13(25)26)15(27)23-11(18(30)31)3-9-5-20-7-21-9/h5,7-8,10-12,14,32H,3-4,6,19H2,1-2H3,(H,20,21)(H,22,28)(H,23,27)(H,24,29)(H,25,26)(H,30,31). The summed E-state index contributed by atoms with van der Waals surface area (Å²) in [4.78, 5) is 66.4. The molecule has 0 aliphatic carbocycles. The summed E-state index contributed by atoms with van der Waals surface area (Å²) >= 11 is 4.01. The topological polar surface area (TPSA) is 217 Å². The van der Waals surface area contributed by atoms with Crippen LogP contribution in [0.25, 0.3) is 0 Å². The van der Waals surface area contributed by atoms with E-state index in [1.165, 1.54) is 12.5 Å². The highest BCUT2D eigenvalue weighted by molar-refractivity contribution is 7.80. The fourth-order valence-corrected chi connectivity index (χ4v) is 2.77. The number of carbonyl (C=O) groups excluding carboxylic acids is 3. The lowest BCUT2D eigenvalue weighted by molar-refractivity contribution is -0.143. The number of nitrogens with two attached hydrogens (primary N) is 1. The van der Waals surface area contributed by atoms with Crippen LogP contribution in [-0.4, -0.2) is 79.8 Å². The van der Waals surface area contributed by atoms with Crippen LogP contribution in [0, 0.1) is 5.92 Å². The molecular formula is C18H28N6O7S. The van der Waals surface area contributed by atoms with Gasteiger partial charge >= 0.3 is 11.9 Å². The molecule has 13 nitrogen and oxygen atoms in total. The van der Waals surface area contributed by atoms with Crippen molar-refractivity contribution in [2.24, 2.45) is 11.7 Å². The Morgan fingerprint density at radius 2 is 1.59 bits per heavy atom. The number of amides is 3. The van der Waals surface area contributed by atoms with E-state index in [4.69, 9.17) is 10.8 Å². The number of aromatic nitrogens is 2. The number of nitrogens with zero attached hydrogens (tertiary/aromatic N) is 1. The minimum atomic E-state index is -1.60. The number of carbonyl (C=O) groups is 5. The van der Waals surface area contributed by atoms with Crippen LogP contribution < -0.4 is 21.7 Å². The highest BCUT2D eigenvalue weighted by atomic mass is 32.1. The number of rotatable bonds is 13. The molecule has 0 aliphatic heterocycles. The molecule has 0 bridgehead atoms. The van der Waals surface area contributed by atoms with Gasteiger partial charge in [0, 0.05) is 24.1 Å². The molecule has 0 spiro atoms. The Balaban J connectivity index is 2.89. The van der Waals surface area contributed by atoms with Gasteiger partial charge in [-0.1, -0.05) is 13.8 Å². The number of imidazole rings is 1. The van der Waals surface area contributed by atoms with Crippen LogP contribution >= 0.6 is 12.6 Å². The summed E-state index contributed by atoms with van der Waals surface area (Å²) in [6.45, 7) is 3.44. The van der Waals surface area contributed by atoms with E-state index in [0.29, 0.717) is 5.69 Å². The van der Waals surface area contributed by atoms with Crippen molar-refractivity contribution in [3.05, 3.63) is 18.2 Å². The molecule has 1 heterocycles. The molecule has 32 heavy (non-hydrogen) atoms. The number of aromatic amines is 1. The molecule has 1 aromatic rings. The summed E-state index contributed by atoms with van der Waals surface area (Å²) in [5, 5.41) is 25.3. The number of H-pyrrole nitrogens is 1. The second-order valence-electron chi connectivity index (χ2n) is 7.35. The smallest absolute Gasteiger partial charge is 0.326 e. The van der Waals surface area contributed by atoms with Gasteiger partial charge in [0.05, 0.1) is 18.8 Å². The molecule has 1 aromatic heterocycles. The third-order valence-electron chi connectivity index (χ3n) is 4.44. The van der Waals surface area contributed by atoms with Crippen molar-refractivity contribution in [3.63, 3.8) is 0 Å². The maximum atomic E-state index is 12.6.